The Morgan fingerprint density at radius 3 is 2.20 bits per heavy atom. The van der Waals surface area contributed by atoms with Crippen molar-refractivity contribution in [3.63, 3.8) is 0 Å². The number of aliphatic hydroxyl groups is 2. The van der Waals surface area contributed by atoms with Crippen molar-refractivity contribution in [3.8, 4) is 0 Å². The van der Waals surface area contributed by atoms with Crippen LogP contribution in [0.3, 0.4) is 0 Å². The largest absolute Gasteiger partial charge is 0.480 e. The number of carboxylic acids is 1. The summed E-state index contributed by atoms with van der Waals surface area (Å²) in [5.41, 5.74) is -3.14. The molecule has 15 heavy (non-hydrogen) atoms. The number of β-amino-alcohol motifs (C(OH)–C–C–N with tert-alkyl or cyclic N) is 1. The van der Waals surface area contributed by atoms with Crippen LogP contribution < -0.4 is 5.32 Å². The Morgan fingerprint density at radius 1 is 1.47 bits per heavy atom. The van der Waals surface area contributed by atoms with Gasteiger partial charge in [-0.05, 0) is 6.92 Å². The zero-order valence-electron chi connectivity index (χ0n) is 7.88. The van der Waals surface area contributed by atoms with E-state index in [2.05, 4.69) is 0 Å². The molecule has 0 aromatic carbocycles. The van der Waals surface area contributed by atoms with Crippen LogP contribution in [-0.2, 0) is 4.79 Å². The summed E-state index contributed by atoms with van der Waals surface area (Å²) in [5, 5.41) is 27.2. The third-order valence-corrected chi connectivity index (χ3v) is 1.90. The van der Waals surface area contributed by atoms with Gasteiger partial charge in [-0.2, -0.15) is 13.2 Å². The molecule has 0 aliphatic rings. The number of hydrogen-bond acceptors (Lipinski definition) is 4. The average Bonchev–Trinajstić information content (AvgIpc) is 2.11. The van der Waals surface area contributed by atoms with E-state index in [1.165, 1.54) is 0 Å². The van der Waals surface area contributed by atoms with E-state index in [1.54, 1.807) is 5.32 Å². The highest BCUT2D eigenvalue weighted by Crippen LogP contribution is 2.30. The van der Waals surface area contributed by atoms with Crippen LogP contribution in [0.25, 0.3) is 0 Å². The fraction of sp³-hybridized carbons (Fsp3) is 0.857. The molecule has 2 atom stereocenters. The Morgan fingerprint density at radius 2 is 1.93 bits per heavy atom. The van der Waals surface area contributed by atoms with Gasteiger partial charge >= 0.3 is 12.1 Å². The third-order valence-electron chi connectivity index (χ3n) is 1.90. The van der Waals surface area contributed by atoms with E-state index in [0.29, 0.717) is 6.92 Å². The van der Waals surface area contributed by atoms with Crippen LogP contribution in [0.1, 0.15) is 6.92 Å². The summed E-state index contributed by atoms with van der Waals surface area (Å²) < 4.78 is 37.0. The number of hydrogen-bond donors (Lipinski definition) is 4. The van der Waals surface area contributed by atoms with E-state index in [9.17, 15) is 18.0 Å². The smallest absolute Gasteiger partial charge is 0.417 e. The summed E-state index contributed by atoms with van der Waals surface area (Å²) >= 11 is 0. The molecule has 8 heteroatoms. The highest BCUT2D eigenvalue weighted by atomic mass is 19.4. The summed E-state index contributed by atoms with van der Waals surface area (Å²) in [7, 11) is 0. The second-order valence-electron chi connectivity index (χ2n) is 3.15. The van der Waals surface area contributed by atoms with E-state index in [1.807, 2.05) is 0 Å². The molecular weight excluding hydrogens is 219 g/mol. The molecule has 5 nitrogen and oxygen atoms in total. The quantitative estimate of drug-likeness (QED) is 0.504. The molecule has 0 aliphatic heterocycles. The molecule has 0 radical (unpaired) electrons. The maximum Gasteiger partial charge on any atom is 0.417 e. The molecule has 0 aromatic heterocycles. The van der Waals surface area contributed by atoms with Crippen LogP contribution in [0, 0.1) is 0 Å². The highest BCUT2D eigenvalue weighted by molar-refractivity contribution is 5.79. The molecule has 0 aliphatic carbocycles. The molecular formula is C7H12F3NO4. The fourth-order valence-corrected chi connectivity index (χ4v) is 0.684. The Hall–Kier alpha value is -0.860. The van der Waals surface area contributed by atoms with Gasteiger partial charge in [0, 0.05) is 6.54 Å². The molecule has 2 unspecified atom stereocenters. The summed E-state index contributed by atoms with van der Waals surface area (Å²) in [6, 6.07) is 0. The molecule has 0 saturated carbocycles. The van der Waals surface area contributed by atoms with Crippen LogP contribution in [0.4, 0.5) is 13.2 Å². The predicted molar refractivity (Wildman–Crippen MR) is 43.2 cm³/mol. The van der Waals surface area contributed by atoms with Crippen molar-refractivity contribution in [2.45, 2.75) is 24.7 Å². The van der Waals surface area contributed by atoms with Crippen LogP contribution in [0.15, 0.2) is 0 Å². The van der Waals surface area contributed by atoms with Gasteiger partial charge in [-0.3, -0.25) is 5.32 Å². The van der Waals surface area contributed by atoms with Crippen LogP contribution in [0.5, 0.6) is 0 Å². The topological polar surface area (TPSA) is 89.8 Å². The summed E-state index contributed by atoms with van der Waals surface area (Å²) in [4.78, 5) is 10.4. The monoisotopic (exact) mass is 231 g/mol. The van der Waals surface area contributed by atoms with E-state index in [0.717, 1.165) is 0 Å². The zero-order chi connectivity index (χ0) is 12.3. The van der Waals surface area contributed by atoms with Gasteiger partial charge in [0.1, 0.15) is 0 Å². The van der Waals surface area contributed by atoms with Gasteiger partial charge < -0.3 is 15.3 Å². The van der Waals surface area contributed by atoms with E-state index in [4.69, 9.17) is 15.3 Å². The number of carboxylic acid groups (broad SMARTS) is 1. The van der Waals surface area contributed by atoms with Crippen LogP contribution in [0.2, 0.25) is 0 Å². The maximum atomic E-state index is 12.3. The Labute approximate surface area is 83.5 Å². The van der Waals surface area contributed by atoms with Gasteiger partial charge in [0.25, 0.3) is 0 Å². The van der Waals surface area contributed by atoms with Crippen molar-refractivity contribution < 1.29 is 33.3 Å². The molecule has 0 saturated heterocycles. The predicted octanol–water partition coefficient (Wildman–Crippen LogP) is -0.665. The number of rotatable bonds is 5. The minimum atomic E-state index is -4.99. The van der Waals surface area contributed by atoms with Gasteiger partial charge in [0.05, 0.1) is 12.7 Å². The van der Waals surface area contributed by atoms with Crippen molar-refractivity contribution in [1.29, 1.82) is 0 Å². The van der Waals surface area contributed by atoms with E-state index in [-0.39, 0.29) is 0 Å². The summed E-state index contributed by atoms with van der Waals surface area (Å²) in [6.07, 6.45) is -6.43. The number of nitrogens with one attached hydrogen (secondary N) is 1. The van der Waals surface area contributed by atoms with Gasteiger partial charge in [0.15, 0.2) is 0 Å². The van der Waals surface area contributed by atoms with Crippen molar-refractivity contribution in [1.82, 2.24) is 5.32 Å². The maximum absolute atomic E-state index is 12.3. The van der Waals surface area contributed by atoms with Gasteiger partial charge in [-0.1, -0.05) is 0 Å². The lowest BCUT2D eigenvalue weighted by molar-refractivity contribution is -0.206. The molecule has 0 amide bonds. The van der Waals surface area contributed by atoms with Crippen molar-refractivity contribution in [2.75, 3.05) is 13.2 Å². The number of alkyl halides is 3. The average molecular weight is 231 g/mol. The van der Waals surface area contributed by atoms with E-state index < -0.39 is 36.9 Å². The SMILES string of the molecule is CC(NCC(O)CO)(C(=O)O)C(F)(F)F. The van der Waals surface area contributed by atoms with Gasteiger partial charge in [-0.15, -0.1) is 0 Å². The minimum absolute atomic E-state index is 0.444. The van der Waals surface area contributed by atoms with Crippen LogP contribution in [-0.4, -0.2) is 52.3 Å². The van der Waals surface area contributed by atoms with Crippen molar-refractivity contribution in [3.05, 3.63) is 0 Å². The first-order valence-electron chi connectivity index (χ1n) is 3.99. The molecule has 0 spiro atoms. The normalized spacial score (nSPS) is 18.3. The highest BCUT2D eigenvalue weighted by Gasteiger charge is 2.57. The molecule has 0 fully saturated rings. The second-order valence-corrected chi connectivity index (χ2v) is 3.15. The van der Waals surface area contributed by atoms with Gasteiger partial charge in [0.2, 0.25) is 5.54 Å². The van der Waals surface area contributed by atoms with E-state index >= 15 is 0 Å². The number of halogens is 3. The molecule has 90 valence electrons. The number of aliphatic carboxylic acids is 1. The molecule has 4 N–H and O–H groups in total. The lowest BCUT2D eigenvalue weighted by Crippen LogP contribution is -2.61. The first kappa shape index (κ1) is 14.1. The van der Waals surface area contributed by atoms with Gasteiger partial charge in [-0.25, -0.2) is 4.79 Å². The molecule has 0 aromatic rings. The number of carbonyl (C=O) groups is 1. The summed E-state index contributed by atoms with van der Waals surface area (Å²) in [5.74, 6) is -2.10. The zero-order valence-corrected chi connectivity index (χ0v) is 7.88. The fourth-order valence-electron chi connectivity index (χ4n) is 0.684. The Balaban J connectivity index is 4.62. The molecule has 0 heterocycles. The first-order chi connectivity index (χ1) is 6.65. The molecule has 0 bridgehead atoms. The Kier molecular flexibility index (Phi) is 4.50. The first-order valence-corrected chi connectivity index (χ1v) is 3.99. The lowest BCUT2D eigenvalue weighted by Gasteiger charge is -2.29. The standard InChI is InChI=1S/C7H12F3NO4/c1-6(5(14)15,7(8,9)10)11-2-4(13)3-12/h4,11-13H,2-3H2,1H3,(H,14,15). The summed E-state index contributed by atoms with van der Waals surface area (Å²) in [6.45, 7) is -0.973. The Bertz CT molecular complexity index is 233. The van der Waals surface area contributed by atoms with Crippen LogP contribution >= 0.6 is 0 Å². The van der Waals surface area contributed by atoms with Crippen molar-refractivity contribution >= 4 is 5.97 Å². The number of aliphatic hydroxyl groups excluding tert-OH is 2. The lowest BCUT2D eigenvalue weighted by atomic mass is 10.0. The van der Waals surface area contributed by atoms with Crippen molar-refractivity contribution in [2.24, 2.45) is 0 Å². The molecule has 0 rings (SSSR count). The minimum Gasteiger partial charge on any atom is -0.480 e. The second kappa shape index (κ2) is 4.77. The third kappa shape index (κ3) is 3.33.